The fraction of sp³-hybridized carbons (Fsp3) is 0.750. The molecule has 1 aromatic heterocycles. The molecule has 0 spiro atoms. The molecular formula is C12H22N2O. The van der Waals surface area contributed by atoms with Gasteiger partial charge in [0.15, 0.2) is 0 Å². The van der Waals surface area contributed by atoms with Crippen molar-refractivity contribution < 1.29 is 0 Å². The molecule has 0 atom stereocenters. The fourth-order valence-electron chi connectivity index (χ4n) is 1.93. The number of hydrogen-bond donors (Lipinski definition) is 1. The minimum Gasteiger partial charge on any atom is -0.299 e. The molecule has 0 aromatic carbocycles. The first kappa shape index (κ1) is 12.1. The molecule has 1 aromatic rings. The van der Waals surface area contributed by atoms with Gasteiger partial charge in [0.25, 0.3) is 5.56 Å². The largest absolute Gasteiger partial charge is 0.299 e. The minimum atomic E-state index is 0.156. The molecule has 0 bridgehead atoms. The van der Waals surface area contributed by atoms with Crippen molar-refractivity contribution in [3.8, 4) is 0 Å². The molecule has 0 unspecified atom stereocenters. The summed E-state index contributed by atoms with van der Waals surface area (Å²) >= 11 is 0. The van der Waals surface area contributed by atoms with Gasteiger partial charge in [-0.1, -0.05) is 27.7 Å². The monoisotopic (exact) mass is 210 g/mol. The van der Waals surface area contributed by atoms with Crippen LogP contribution in [0.5, 0.6) is 0 Å². The Morgan fingerprint density at radius 3 is 2.27 bits per heavy atom. The third-order valence-electron chi connectivity index (χ3n) is 2.58. The first-order valence-corrected chi connectivity index (χ1v) is 5.78. The van der Waals surface area contributed by atoms with Crippen LogP contribution in [0.25, 0.3) is 0 Å². The van der Waals surface area contributed by atoms with Crippen molar-refractivity contribution in [3.63, 3.8) is 0 Å². The van der Waals surface area contributed by atoms with Gasteiger partial charge in [-0.2, -0.15) is 0 Å². The Kier molecular flexibility index (Phi) is 3.77. The van der Waals surface area contributed by atoms with E-state index in [0.717, 1.165) is 24.2 Å². The van der Waals surface area contributed by atoms with Crippen LogP contribution in [0.15, 0.2) is 4.79 Å². The molecule has 1 rings (SSSR count). The van der Waals surface area contributed by atoms with Crippen LogP contribution in [-0.4, -0.2) is 9.78 Å². The highest BCUT2D eigenvalue weighted by molar-refractivity contribution is 5.21. The lowest BCUT2D eigenvalue weighted by atomic mass is 9.98. The SMILES string of the molecule is CCn1[nH]c(CC(C)C)c(C(C)C)c1=O. The number of rotatable bonds is 4. The molecule has 0 aliphatic heterocycles. The number of aryl methyl sites for hydroxylation is 1. The van der Waals surface area contributed by atoms with Crippen LogP contribution in [-0.2, 0) is 13.0 Å². The predicted molar refractivity (Wildman–Crippen MR) is 63.4 cm³/mol. The van der Waals surface area contributed by atoms with E-state index in [-0.39, 0.29) is 5.56 Å². The second kappa shape index (κ2) is 4.69. The van der Waals surface area contributed by atoms with E-state index < -0.39 is 0 Å². The van der Waals surface area contributed by atoms with Gasteiger partial charge in [-0.3, -0.25) is 14.6 Å². The van der Waals surface area contributed by atoms with E-state index in [4.69, 9.17) is 0 Å². The zero-order valence-corrected chi connectivity index (χ0v) is 10.4. The summed E-state index contributed by atoms with van der Waals surface area (Å²) in [6, 6.07) is 0. The van der Waals surface area contributed by atoms with Gasteiger partial charge >= 0.3 is 0 Å². The second-order valence-corrected chi connectivity index (χ2v) is 4.81. The van der Waals surface area contributed by atoms with Crippen molar-refractivity contribution in [3.05, 3.63) is 21.6 Å². The molecule has 0 saturated carbocycles. The lowest BCUT2D eigenvalue weighted by molar-refractivity contribution is 0.592. The van der Waals surface area contributed by atoms with Crippen LogP contribution in [0, 0.1) is 5.92 Å². The Hall–Kier alpha value is -0.990. The number of H-pyrrole nitrogens is 1. The average molecular weight is 210 g/mol. The van der Waals surface area contributed by atoms with Crippen molar-refractivity contribution in [2.24, 2.45) is 5.92 Å². The van der Waals surface area contributed by atoms with Crippen LogP contribution in [0.4, 0.5) is 0 Å². The topological polar surface area (TPSA) is 37.8 Å². The first-order valence-electron chi connectivity index (χ1n) is 5.78. The van der Waals surface area contributed by atoms with E-state index in [0.29, 0.717) is 11.8 Å². The highest BCUT2D eigenvalue weighted by Gasteiger charge is 2.16. The van der Waals surface area contributed by atoms with Crippen molar-refractivity contribution in [1.82, 2.24) is 9.78 Å². The number of hydrogen-bond acceptors (Lipinski definition) is 1. The van der Waals surface area contributed by atoms with Crippen LogP contribution in [0.3, 0.4) is 0 Å². The summed E-state index contributed by atoms with van der Waals surface area (Å²) < 4.78 is 1.70. The van der Waals surface area contributed by atoms with Gasteiger partial charge in [0, 0.05) is 17.8 Å². The maximum atomic E-state index is 12.0. The molecular weight excluding hydrogens is 188 g/mol. The smallest absolute Gasteiger partial charge is 0.270 e. The number of aromatic nitrogens is 2. The van der Waals surface area contributed by atoms with Gasteiger partial charge in [-0.05, 0) is 25.2 Å². The Morgan fingerprint density at radius 1 is 1.27 bits per heavy atom. The molecule has 86 valence electrons. The van der Waals surface area contributed by atoms with E-state index in [1.807, 2.05) is 6.92 Å². The standard InChI is InChI=1S/C12H22N2O/c1-6-14-12(15)11(9(4)5)10(13-14)7-8(2)3/h8-9,13H,6-7H2,1-5H3. The molecule has 0 saturated heterocycles. The fourth-order valence-corrected chi connectivity index (χ4v) is 1.93. The van der Waals surface area contributed by atoms with Gasteiger partial charge < -0.3 is 0 Å². The van der Waals surface area contributed by atoms with Crippen molar-refractivity contribution in [2.75, 3.05) is 0 Å². The van der Waals surface area contributed by atoms with E-state index in [2.05, 4.69) is 32.8 Å². The van der Waals surface area contributed by atoms with Gasteiger partial charge in [0.2, 0.25) is 0 Å². The summed E-state index contributed by atoms with van der Waals surface area (Å²) in [5.74, 6) is 0.876. The summed E-state index contributed by atoms with van der Waals surface area (Å²) in [5.41, 5.74) is 2.24. The Balaban J connectivity index is 3.19. The highest BCUT2D eigenvalue weighted by Crippen LogP contribution is 2.17. The molecule has 1 N–H and O–H groups in total. The molecule has 3 nitrogen and oxygen atoms in total. The maximum Gasteiger partial charge on any atom is 0.270 e. The van der Waals surface area contributed by atoms with Gasteiger partial charge in [-0.25, -0.2) is 0 Å². The molecule has 1 heterocycles. The highest BCUT2D eigenvalue weighted by atomic mass is 16.1. The Morgan fingerprint density at radius 2 is 1.87 bits per heavy atom. The van der Waals surface area contributed by atoms with Crippen molar-refractivity contribution >= 4 is 0 Å². The molecule has 0 fully saturated rings. The molecule has 0 amide bonds. The van der Waals surface area contributed by atoms with Crippen molar-refractivity contribution in [2.45, 2.75) is 53.5 Å². The van der Waals surface area contributed by atoms with Crippen molar-refractivity contribution in [1.29, 1.82) is 0 Å². The van der Waals surface area contributed by atoms with Crippen LogP contribution < -0.4 is 5.56 Å². The van der Waals surface area contributed by atoms with Crippen LogP contribution in [0.2, 0.25) is 0 Å². The normalized spacial score (nSPS) is 11.7. The third kappa shape index (κ3) is 2.52. The molecule has 0 aliphatic carbocycles. The van der Waals surface area contributed by atoms with E-state index in [9.17, 15) is 4.79 Å². The quantitative estimate of drug-likeness (QED) is 0.814. The second-order valence-electron chi connectivity index (χ2n) is 4.81. The third-order valence-corrected chi connectivity index (χ3v) is 2.58. The Bertz CT molecular complexity index is 371. The maximum absolute atomic E-state index is 12.0. The zero-order chi connectivity index (χ0) is 11.6. The predicted octanol–water partition coefficient (Wildman–Crippen LogP) is 2.52. The lowest BCUT2D eigenvalue weighted by Gasteiger charge is -2.06. The molecule has 0 aliphatic rings. The molecule has 15 heavy (non-hydrogen) atoms. The van der Waals surface area contributed by atoms with Gasteiger partial charge in [0.1, 0.15) is 0 Å². The van der Waals surface area contributed by atoms with Crippen LogP contribution >= 0.6 is 0 Å². The van der Waals surface area contributed by atoms with E-state index >= 15 is 0 Å². The Labute approximate surface area is 91.5 Å². The summed E-state index contributed by atoms with van der Waals surface area (Å²) in [6.45, 7) is 11.2. The van der Waals surface area contributed by atoms with E-state index in [1.54, 1.807) is 4.68 Å². The number of aromatic amines is 1. The number of nitrogens with one attached hydrogen (secondary N) is 1. The summed E-state index contributed by atoms with van der Waals surface area (Å²) in [5, 5.41) is 3.22. The molecule has 0 radical (unpaired) electrons. The first-order chi connectivity index (χ1) is 6.97. The number of nitrogens with zero attached hydrogens (tertiary/aromatic N) is 1. The minimum absolute atomic E-state index is 0.156. The molecule has 3 heteroatoms. The van der Waals surface area contributed by atoms with Crippen LogP contribution in [0.1, 0.15) is 51.8 Å². The van der Waals surface area contributed by atoms with E-state index in [1.165, 1.54) is 0 Å². The zero-order valence-electron chi connectivity index (χ0n) is 10.4. The van der Waals surface area contributed by atoms with Gasteiger partial charge in [-0.15, -0.1) is 0 Å². The summed E-state index contributed by atoms with van der Waals surface area (Å²) in [4.78, 5) is 12.0. The van der Waals surface area contributed by atoms with Gasteiger partial charge in [0.05, 0.1) is 0 Å². The summed E-state index contributed by atoms with van der Waals surface area (Å²) in [6.07, 6.45) is 0.954. The average Bonchev–Trinajstić information content (AvgIpc) is 2.41. The summed E-state index contributed by atoms with van der Waals surface area (Å²) in [7, 11) is 0. The lowest BCUT2D eigenvalue weighted by Crippen LogP contribution is -2.18.